The van der Waals surface area contributed by atoms with Gasteiger partial charge in [0.15, 0.2) is 5.78 Å². The Morgan fingerprint density at radius 1 is 0.800 bits per heavy atom. The van der Waals surface area contributed by atoms with E-state index in [0.29, 0.717) is 12.0 Å². The van der Waals surface area contributed by atoms with Gasteiger partial charge in [-0.15, -0.1) is 0 Å². The summed E-state index contributed by atoms with van der Waals surface area (Å²) in [6.45, 7) is 2.36. The van der Waals surface area contributed by atoms with Gasteiger partial charge >= 0.3 is 5.97 Å². The number of aromatic carboxylic acids is 1. The van der Waals surface area contributed by atoms with Crippen LogP contribution in [0.2, 0.25) is 0 Å². The molecule has 0 saturated carbocycles. The Balaban J connectivity index is 1.83. The highest BCUT2D eigenvalue weighted by Crippen LogP contribution is 2.27. The minimum atomic E-state index is -2.42. The largest absolute Gasteiger partial charge is 0.478 e. The summed E-state index contributed by atoms with van der Waals surface area (Å²) in [6, 6.07) is 21.2. The highest BCUT2D eigenvalue weighted by molar-refractivity contribution is 7.80. The maximum absolute atomic E-state index is 13.2. The van der Waals surface area contributed by atoms with E-state index in [1.54, 1.807) is 12.1 Å². The highest BCUT2D eigenvalue weighted by Gasteiger charge is 2.22. The van der Waals surface area contributed by atoms with Crippen LogP contribution in [0.5, 0.6) is 0 Å². The van der Waals surface area contributed by atoms with E-state index in [4.69, 9.17) is 0 Å². The number of carboxylic acids is 1. The summed E-state index contributed by atoms with van der Waals surface area (Å²) >= 11 is -2.42. The van der Waals surface area contributed by atoms with Crippen LogP contribution in [0.3, 0.4) is 0 Å². The molecule has 0 aromatic heterocycles. The lowest BCUT2D eigenvalue weighted by molar-refractivity contribution is 0.0697. The van der Waals surface area contributed by atoms with E-state index in [1.807, 2.05) is 42.5 Å². The van der Waals surface area contributed by atoms with E-state index in [2.05, 4.69) is 6.92 Å². The number of carboxylic acid groups (broad SMARTS) is 1. The second-order valence-corrected chi connectivity index (χ2v) is 9.31. The summed E-state index contributed by atoms with van der Waals surface area (Å²) in [5, 5.41) is 9.66. The molecule has 0 saturated heterocycles. The maximum atomic E-state index is 13.2. The van der Waals surface area contributed by atoms with Crippen LogP contribution < -0.4 is 4.31 Å². The average Bonchev–Trinajstić information content (AvgIpc) is 2.88. The van der Waals surface area contributed by atoms with Crippen molar-refractivity contribution in [3.05, 3.63) is 89.5 Å². The fraction of sp³-hybridized carbons (Fsp3) is 0.286. The van der Waals surface area contributed by atoms with Crippen molar-refractivity contribution in [2.75, 3.05) is 10.8 Å². The third-order valence-corrected chi connectivity index (χ3v) is 6.67. The van der Waals surface area contributed by atoms with Crippen molar-refractivity contribution in [3.63, 3.8) is 0 Å². The molecule has 1 atom stereocenters. The number of nitrogens with zero attached hydrogens (tertiary/aromatic N) is 1. The molecule has 0 heterocycles. The monoisotopic (exact) mass is 493 g/mol. The van der Waals surface area contributed by atoms with Gasteiger partial charge in [0.2, 0.25) is 0 Å². The molecule has 3 aromatic rings. The van der Waals surface area contributed by atoms with Crippen LogP contribution in [0.1, 0.15) is 71.7 Å². The maximum Gasteiger partial charge on any atom is 0.337 e. The Kier molecular flexibility index (Phi) is 9.76. The summed E-state index contributed by atoms with van der Waals surface area (Å²) in [7, 11) is 0. The van der Waals surface area contributed by atoms with E-state index < -0.39 is 17.2 Å². The Morgan fingerprint density at radius 2 is 1.40 bits per heavy atom. The highest BCUT2D eigenvalue weighted by atomic mass is 32.2. The van der Waals surface area contributed by atoms with Gasteiger partial charge in [-0.3, -0.25) is 13.7 Å². The first-order chi connectivity index (χ1) is 16.9. The minimum Gasteiger partial charge on any atom is -0.478 e. The summed E-state index contributed by atoms with van der Waals surface area (Å²) in [4.78, 5) is 25.0. The number of rotatable bonds is 13. The van der Waals surface area contributed by atoms with Crippen molar-refractivity contribution in [1.82, 2.24) is 0 Å². The van der Waals surface area contributed by atoms with E-state index >= 15 is 0 Å². The fourth-order valence-corrected chi connectivity index (χ4v) is 4.59. The molecule has 0 aliphatic rings. The molecule has 0 spiro atoms. The molecule has 0 aliphatic carbocycles. The lowest BCUT2D eigenvalue weighted by Crippen LogP contribution is -2.28. The molecule has 3 aromatic carbocycles. The van der Waals surface area contributed by atoms with Crippen LogP contribution in [0.15, 0.2) is 72.8 Å². The molecule has 0 amide bonds. The molecule has 7 heteroatoms. The number of unbranched alkanes of at least 4 members (excludes halogenated alkanes) is 5. The zero-order chi connectivity index (χ0) is 25.2. The zero-order valence-corrected chi connectivity index (χ0v) is 20.7. The van der Waals surface area contributed by atoms with Crippen molar-refractivity contribution in [2.45, 2.75) is 45.4 Å². The topological polar surface area (TPSA) is 94.9 Å². The molecular formula is C28H31NO5S. The van der Waals surface area contributed by atoms with Gasteiger partial charge in [0.25, 0.3) is 11.3 Å². The molecule has 35 heavy (non-hydrogen) atoms. The Labute approximate surface area is 209 Å². The predicted octanol–water partition coefficient (Wildman–Crippen LogP) is 6.59. The number of ketones is 1. The van der Waals surface area contributed by atoms with Gasteiger partial charge in [-0.25, -0.2) is 9.00 Å². The molecular weight excluding hydrogens is 462 g/mol. The smallest absolute Gasteiger partial charge is 0.337 e. The lowest BCUT2D eigenvalue weighted by Gasteiger charge is -2.22. The van der Waals surface area contributed by atoms with Gasteiger partial charge < -0.3 is 5.11 Å². The van der Waals surface area contributed by atoms with Crippen LogP contribution >= 0.6 is 0 Å². The molecule has 1 unspecified atom stereocenters. The third-order valence-electron chi connectivity index (χ3n) is 5.92. The van der Waals surface area contributed by atoms with E-state index in [1.165, 1.54) is 18.2 Å². The molecule has 0 bridgehead atoms. The van der Waals surface area contributed by atoms with Crippen molar-refractivity contribution in [2.24, 2.45) is 0 Å². The van der Waals surface area contributed by atoms with Gasteiger partial charge in [-0.2, -0.15) is 0 Å². The summed E-state index contributed by atoms with van der Waals surface area (Å²) in [5.41, 5.74) is 2.68. The van der Waals surface area contributed by atoms with Gasteiger partial charge in [-0.05, 0) is 29.7 Å². The average molecular weight is 494 g/mol. The Hall–Kier alpha value is -3.29. The Bertz CT molecular complexity index is 1160. The fourth-order valence-electron chi connectivity index (χ4n) is 3.99. The zero-order valence-electron chi connectivity index (χ0n) is 19.9. The number of carbonyl (C=O) groups is 2. The van der Waals surface area contributed by atoms with Gasteiger partial charge in [0.05, 0.1) is 11.3 Å². The van der Waals surface area contributed by atoms with Crippen molar-refractivity contribution >= 4 is 28.7 Å². The number of anilines is 1. The number of hydrogen-bond donors (Lipinski definition) is 2. The van der Waals surface area contributed by atoms with Gasteiger partial charge in [0.1, 0.15) is 0 Å². The third kappa shape index (κ3) is 7.10. The molecule has 0 aliphatic heterocycles. The van der Waals surface area contributed by atoms with Crippen molar-refractivity contribution in [3.8, 4) is 11.1 Å². The molecule has 184 valence electrons. The van der Waals surface area contributed by atoms with Crippen molar-refractivity contribution in [1.29, 1.82) is 0 Å². The van der Waals surface area contributed by atoms with Crippen LogP contribution in [0.4, 0.5) is 5.69 Å². The van der Waals surface area contributed by atoms with Crippen LogP contribution in [0, 0.1) is 0 Å². The number of carbonyl (C=O) groups excluding carboxylic acids is 1. The first-order valence-corrected chi connectivity index (χ1v) is 12.9. The minimum absolute atomic E-state index is 0.0682. The summed E-state index contributed by atoms with van der Waals surface area (Å²) in [5.74, 6) is -1.50. The van der Waals surface area contributed by atoms with Gasteiger partial charge in [-0.1, -0.05) is 99.7 Å². The Morgan fingerprint density at radius 3 is 2.03 bits per heavy atom. The first kappa shape index (κ1) is 26.3. The first-order valence-electron chi connectivity index (χ1n) is 11.9. The number of benzene rings is 3. The SMILES string of the molecule is CCCCCCCCN(c1cc(C(=O)c2ccc(-c3ccccc3)cc2)ccc1C(=O)O)S(=O)O. The molecule has 2 N–H and O–H groups in total. The molecule has 0 fully saturated rings. The summed E-state index contributed by atoms with van der Waals surface area (Å²) < 4.78 is 23.2. The van der Waals surface area contributed by atoms with E-state index in [9.17, 15) is 23.5 Å². The quantitative estimate of drug-likeness (QED) is 0.159. The summed E-state index contributed by atoms with van der Waals surface area (Å²) in [6.07, 6.45) is 5.92. The van der Waals surface area contributed by atoms with Crippen LogP contribution in [-0.2, 0) is 11.3 Å². The van der Waals surface area contributed by atoms with Crippen molar-refractivity contribution < 1.29 is 23.5 Å². The molecule has 3 rings (SSSR count). The lowest BCUT2D eigenvalue weighted by atomic mass is 9.98. The number of hydrogen-bond acceptors (Lipinski definition) is 3. The van der Waals surface area contributed by atoms with Gasteiger partial charge in [0, 0.05) is 17.7 Å². The van der Waals surface area contributed by atoms with Crippen LogP contribution in [0.25, 0.3) is 11.1 Å². The van der Waals surface area contributed by atoms with E-state index in [-0.39, 0.29) is 29.1 Å². The second kappa shape index (κ2) is 13.0. The molecule has 6 nitrogen and oxygen atoms in total. The standard InChI is InChI=1S/C28H31NO5S/c1-2-3-4-5-6-10-19-29(35(33)34)26-20-24(17-18-25(26)28(31)32)27(30)23-15-13-22(14-16-23)21-11-8-7-9-12-21/h7-9,11-18,20H,2-6,10,19H2,1H3,(H,31,32)(H,33,34). The molecule has 0 radical (unpaired) electrons. The van der Waals surface area contributed by atoms with Crippen LogP contribution in [-0.4, -0.2) is 32.2 Å². The van der Waals surface area contributed by atoms with E-state index in [0.717, 1.165) is 47.5 Å². The normalized spacial score (nSPS) is 11.7. The second-order valence-electron chi connectivity index (χ2n) is 8.41. The predicted molar refractivity (Wildman–Crippen MR) is 140 cm³/mol.